The summed E-state index contributed by atoms with van der Waals surface area (Å²) in [5.74, 6) is 0.870. The van der Waals surface area contributed by atoms with E-state index in [9.17, 15) is 0 Å². The molecule has 2 heterocycles. The maximum atomic E-state index is 5.86. The van der Waals surface area contributed by atoms with Gasteiger partial charge in [-0.15, -0.1) is 0 Å². The average molecular weight is 273 g/mol. The smallest absolute Gasteiger partial charge is 0.0317 e. The van der Waals surface area contributed by atoms with Crippen molar-refractivity contribution in [1.29, 1.82) is 0 Å². The minimum absolute atomic E-state index is 0.870. The van der Waals surface area contributed by atoms with Crippen LogP contribution in [-0.2, 0) is 6.54 Å². The Balaban J connectivity index is 1.47. The van der Waals surface area contributed by atoms with E-state index in [1.165, 1.54) is 64.0 Å². The van der Waals surface area contributed by atoms with Gasteiger partial charge in [0, 0.05) is 25.3 Å². The number of piperidine rings is 1. The molecule has 0 saturated carbocycles. The van der Waals surface area contributed by atoms with Crippen molar-refractivity contribution < 1.29 is 0 Å². The molecule has 110 valence electrons. The number of rotatable bonds is 4. The van der Waals surface area contributed by atoms with Gasteiger partial charge in [0.05, 0.1) is 0 Å². The lowest BCUT2D eigenvalue weighted by molar-refractivity contribution is 0.193. The molecule has 0 aliphatic carbocycles. The Morgan fingerprint density at radius 3 is 2.70 bits per heavy atom. The highest BCUT2D eigenvalue weighted by Crippen LogP contribution is 2.21. The fourth-order valence-corrected chi connectivity index (χ4v) is 3.66. The summed E-state index contributed by atoms with van der Waals surface area (Å²) in [4.78, 5) is 5.27. The first-order chi connectivity index (χ1) is 9.79. The summed E-state index contributed by atoms with van der Waals surface area (Å²) in [6.45, 7) is 7.52. The average Bonchev–Trinajstić information content (AvgIpc) is 2.87. The fourth-order valence-electron chi connectivity index (χ4n) is 3.66. The van der Waals surface area contributed by atoms with Crippen molar-refractivity contribution in [2.45, 2.75) is 32.2 Å². The van der Waals surface area contributed by atoms with Crippen LogP contribution in [0.1, 0.15) is 31.2 Å². The Morgan fingerprint density at radius 2 is 1.90 bits per heavy atom. The predicted octanol–water partition coefficient (Wildman–Crippen LogP) is 2.58. The molecular formula is C17H27N3. The number of hydrogen-bond donors (Lipinski definition) is 1. The molecular weight excluding hydrogens is 246 g/mol. The molecule has 1 aromatic rings. The van der Waals surface area contributed by atoms with Crippen LogP contribution < -0.4 is 5.73 Å². The van der Waals surface area contributed by atoms with Crippen molar-refractivity contribution in [1.82, 2.24) is 9.80 Å². The van der Waals surface area contributed by atoms with Gasteiger partial charge < -0.3 is 10.6 Å². The minimum Gasteiger partial charge on any atom is -0.399 e. The maximum absolute atomic E-state index is 5.86. The third-order valence-corrected chi connectivity index (χ3v) is 4.69. The zero-order chi connectivity index (χ0) is 13.8. The van der Waals surface area contributed by atoms with Crippen LogP contribution in [0.5, 0.6) is 0 Å². The largest absolute Gasteiger partial charge is 0.399 e. The molecule has 3 rings (SSSR count). The first-order valence-corrected chi connectivity index (χ1v) is 8.09. The quantitative estimate of drug-likeness (QED) is 0.856. The van der Waals surface area contributed by atoms with E-state index in [1.807, 2.05) is 6.07 Å². The number of likely N-dealkylation sites (tertiary alicyclic amines) is 2. The molecule has 0 bridgehead atoms. The topological polar surface area (TPSA) is 32.5 Å². The van der Waals surface area contributed by atoms with Crippen molar-refractivity contribution in [3.8, 4) is 0 Å². The Hall–Kier alpha value is -1.06. The summed E-state index contributed by atoms with van der Waals surface area (Å²) in [5, 5.41) is 0. The van der Waals surface area contributed by atoms with Gasteiger partial charge >= 0.3 is 0 Å². The summed E-state index contributed by atoms with van der Waals surface area (Å²) in [6, 6.07) is 8.32. The van der Waals surface area contributed by atoms with Crippen molar-refractivity contribution >= 4 is 5.69 Å². The Kier molecular flexibility index (Phi) is 4.58. The van der Waals surface area contributed by atoms with E-state index < -0.39 is 0 Å². The first kappa shape index (κ1) is 13.9. The summed E-state index contributed by atoms with van der Waals surface area (Å²) >= 11 is 0. The Labute approximate surface area is 122 Å². The van der Waals surface area contributed by atoms with Gasteiger partial charge in [0.25, 0.3) is 0 Å². The van der Waals surface area contributed by atoms with Gasteiger partial charge in [-0.3, -0.25) is 4.90 Å². The molecule has 2 fully saturated rings. The van der Waals surface area contributed by atoms with Gasteiger partial charge in [0.2, 0.25) is 0 Å². The van der Waals surface area contributed by atoms with Crippen LogP contribution in [0.15, 0.2) is 24.3 Å². The number of nitrogens with zero attached hydrogens (tertiary/aromatic N) is 2. The Morgan fingerprint density at radius 1 is 1.05 bits per heavy atom. The van der Waals surface area contributed by atoms with Crippen LogP contribution in [0.2, 0.25) is 0 Å². The third-order valence-electron chi connectivity index (χ3n) is 4.69. The number of hydrogen-bond acceptors (Lipinski definition) is 3. The van der Waals surface area contributed by atoms with E-state index in [4.69, 9.17) is 5.73 Å². The second-order valence-corrected chi connectivity index (χ2v) is 6.50. The van der Waals surface area contributed by atoms with Gasteiger partial charge in [0.1, 0.15) is 0 Å². The number of anilines is 1. The summed E-state index contributed by atoms with van der Waals surface area (Å²) in [5.41, 5.74) is 8.09. The molecule has 3 nitrogen and oxygen atoms in total. The predicted molar refractivity (Wildman–Crippen MR) is 84.5 cm³/mol. The molecule has 0 radical (unpaired) electrons. The highest BCUT2D eigenvalue weighted by Gasteiger charge is 2.24. The zero-order valence-corrected chi connectivity index (χ0v) is 12.4. The zero-order valence-electron chi connectivity index (χ0n) is 12.4. The van der Waals surface area contributed by atoms with Crippen molar-refractivity contribution in [2.75, 3.05) is 38.5 Å². The molecule has 0 spiro atoms. The van der Waals surface area contributed by atoms with Gasteiger partial charge in [-0.2, -0.15) is 0 Å². The molecule has 2 N–H and O–H groups in total. The van der Waals surface area contributed by atoms with E-state index >= 15 is 0 Å². The lowest BCUT2D eigenvalue weighted by Crippen LogP contribution is -2.35. The molecule has 2 aliphatic rings. The van der Waals surface area contributed by atoms with Crippen LogP contribution in [0, 0.1) is 5.92 Å². The fraction of sp³-hybridized carbons (Fsp3) is 0.647. The monoisotopic (exact) mass is 273 g/mol. The first-order valence-electron chi connectivity index (χ1n) is 8.09. The molecule has 2 saturated heterocycles. The summed E-state index contributed by atoms with van der Waals surface area (Å²) in [6.07, 6.45) is 5.60. The molecule has 20 heavy (non-hydrogen) atoms. The van der Waals surface area contributed by atoms with E-state index in [1.54, 1.807) is 0 Å². The maximum Gasteiger partial charge on any atom is 0.0317 e. The molecule has 1 aromatic carbocycles. The molecule has 0 amide bonds. The SMILES string of the molecule is Nc1cccc(CN2CCC(CN3CCCCC3)C2)c1. The normalized spacial score (nSPS) is 25.1. The molecule has 1 atom stereocenters. The number of benzene rings is 1. The van der Waals surface area contributed by atoms with Crippen LogP contribution in [0.25, 0.3) is 0 Å². The van der Waals surface area contributed by atoms with E-state index in [2.05, 4.69) is 28.0 Å². The van der Waals surface area contributed by atoms with E-state index in [0.717, 1.165) is 18.2 Å². The summed E-state index contributed by atoms with van der Waals surface area (Å²) < 4.78 is 0. The van der Waals surface area contributed by atoms with Crippen LogP contribution in [0.3, 0.4) is 0 Å². The van der Waals surface area contributed by atoms with Crippen LogP contribution in [-0.4, -0.2) is 42.5 Å². The van der Waals surface area contributed by atoms with E-state index in [-0.39, 0.29) is 0 Å². The molecule has 3 heteroatoms. The van der Waals surface area contributed by atoms with Gasteiger partial charge in [-0.1, -0.05) is 18.6 Å². The van der Waals surface area contributed by atoms with Crippen molar-refractivity contribution in [3.05, 3.63) is 29.8 Å². The van der Waals surface area contributed by atoms with Crippen LogP contribution >= 0.6 is 0 Å². The Bertz CT molecular complexity index is 426. The lowest BCUT2D eigenvalue weighted by atomic mass is 10.1. The number of nitrogens with two attached hydrogens (primary N) is 1. The lowest BCUT2D eigenvalue weighted by Gasteiger charge is -2.29. The van der Waals surface area contributed by atoms with Gasteiger partial charge in [-0.05, 0) is 62.5 Å². The molecule has 2 aliphatic heterocycles. The second-order valence-electron chi connectivity index (χ2n) is 6.50. The second kappa shape index (κ2) is 6.59. The van der Waals surface area contributed by atoms with E-state index in [0.29, 0.717) is 0 Å². The minimum atomic E-state index is 0.870. The number of nitrogen functional groups attached to an aromatic ring is 1. The van der Waals surface area contributed by atoms with Crippen LogP contribution in [0.4, 0.5) is 5.69 Å². The van der Waals surface area contributed by atoms with Gasteiger partial charge in [-0.25, -0.2) is 0 Å². The standard InChI is InChI=1S/C17H27N3/c18-17-6-4-5-15(11-17)12-20-10-7-16(14-20)13-19-8-2-1-3-9-19/h4-6,11,16H,1-3,7-10,12-14,18H2. The third kappa shape index (κ3) is 3.74. The highest BCUT2D eigenvalue weighted by molar-refractivity contribution is 5.40. The summed E-state index contributed by atoms with van der Waals surface area (Å²) in [7, 11) is 0. The van der Waals surface area contributed by atoms with Crippen molar-refractivity contribution in [2.24, 2.45) is 5.92 Å². The molecule has 0 aromatic heterocycles. The molecule has 1 unspecified atom stereocenters. The van der Waals surface area contributed by atoms with Crippen molar-refractivity contribution in [3.63, 3.8) is 0 Å². The van der Waals surface area contributed by atoms with Gasteiger partial charge in [0.15, 0.2) is 0 Å². The highest BCUT2D eigenvalue weighted by atomic mass is 15.2.